The van der Waals surface area contributed by atoms with Crippen LogP contribution >= 0.6 is 23.2 Å². The first-order valence-electron chi connectivity index (χ1n) is 5.67. The lowest BCUT2D eigenvalue weighted by atomic mass is 9.87. The Labute approximate surface area is 117 Å². The highest BCUT2D eigenvalue weighted by Crippen LogP contribution is 2.29. The van der Waals surface area contributed by atoms with Crippen molar-refractivity contribution >= 4 is 23.2 Å². The second-order valence-corrected chi connectivity index (χ2v) is 5.90. The lowest BCUT2D eigenvalue weighted by molar-refractivity contribution is 0.589. The molecule has 0 saturated heterocycles. The Kier molecular flexibility index (Phi) is 3.60. The number of hydrogen-bond acceptors (Lipinski definition) is 2. The molecule has 0 atom stereocenters. The van der Waals surface area contributed by atoms with Crippen LogP contribution in [0.25, 0.3) is 11.3 Å². The van der Waals surface area contributed by atoms with Gasteiger partial charge >= 0.3 is 0 Å². The fraction of sp³-hybridized carbons (Fsp3) is 0.286. The molecule has 2 nitrogen and oxygen atoms in total. The normalized spacial score (nSPS) is 11.6. The summed E-state index contributed by atoms with van der Waals surface area (Å²) in [4.78, 5) is 8.38. The minimum Gasteiger partial charge on any atom is -0.256 e. The van der Waals surface area contributed by atoms with E-state index >= 15 is 0 Å². The standard InChI is InChI=1S/C14H14Cl2N2/c1-14(2,3)9-6-7-17-11(8-9)10-4-5-12(15)18-13(10)16/h4-8H,1-3H3. The van der Waals surface area contributed by atoms with Gasteiger partial charge in [0.25, 0.3) is 0 Å². The summed E-state index contributed by atoms with van der Waals surface area (Å²) in [7, 11) is 0. The zero-order valence-corrected chi connectivity index (χ0v) is 12.0. The number of hydrogen-bond donors (Lipinski definition) is 0. The second kappa shape index (κ2) is 4.87. The van der Waals surface area contributed by atoms with Gasteiger partial charge in [0.2, 0.25) is 0 Å². The Morgan fingerprint density at radius 2 is 1.78 bits per heavy atom. The predicted octanol–water partition coefficient (Wildman–Crippen LogP) is 4.75. The van der Waals surface area contributed by atoms with E-state index in [0.29, 0.717) is 10.3 Å². The van der Waals surface area contributed by atoms with Gasteiger partial charge in [0, 0.05) is 11.8 Å². The number of rotatable bonds is 1. The third-order valence-corrected chi connectivity index (χ3v) is 3.22. The molecule has 0 aromatic carbocycles. The molecule has 0 bridgehead atoms. The van der Waals surface area contributed by atoms with Crippen molar-refractivity contribution in [1.82, 2.24) is 9.97 Å². The molecule has 0 N–H and O–H groups in total. The maximum atomic E-state index is 6.10. The molecular formula is C14H14Cl2N2. The minimum atomic E-state index is 0.0734. The summed E-state index contributed by atoms with van der Waals surface area (Å²) < 4.78 is 0. The van der Waals surface area contributed by atoms with E-state index < -0.39 is 0 Å². The third-order valence-electron chi connectivity index (χ3n) is 2.72. The first kappa shape index (κ1) is 13.3. The second-order valence-electron chi connectivity index (χ2n) is 5.15. The first-order chi connectivity index (χ1) is 8.38. The van der Waals surface area contributed by atoms with Crippen LogP contribution in [0.5, 0.6) is 0 Å². The van der Waals surface area contributed by atoms with Crippen LogP contribution in [-0.4, -0.2) is 9.97 Å². The van der Waals surface area contributed by atoms with Crippen LogP contribution in [0.4, 0.5) is 0 Å². The van der Waals surface area contributed by atoms with Gasteiger partial charge in [-0.1, -0.05) is 44.0 Å². The van der Waals surface area contributed by atoms with E-state index in [-0.39, 0.29) is 5.41 Å². The lowest BCUT2D eigenvalue weighted by Gasteiger charge is -2.19. The van der Waals surface area contributed by atoms with Gasteiger partial charge in [0.05, 0.1) is 5.69 Å². The molecule has 0 aliphatic heterocycles. The largest absolute Gasteiger partial charge is 0.256 e. The van der Waals surface area contributed by atoms with E-state index in [9.17, 15) is 0 Å². The maximum Gasteiger partial charge on any atom is 0.140 e. The summed E-state index contributed by atoms with van der Waals surface area (Å²) in [6.45, 7) is 6.48. The molecule has 0 saturated carbocycles. The molecule has 18 heavy (non-hydrogen) atoms. The summed E-state index contributed by atoms with van der Waals surface area (Å²) >= 11 is 11.9. The van der Waals surface area contributed by atoms with Gasteiger partial charge in [-0.15, -0.1) is 0 Å². The van der Waals surface area contributed by atoms with E-state index in [1.807, 2.05) is 18.2 Å². The molecule has 2 heterocycles. The van der Waals surface area contributed by atoms with Crippen molar-refractivity contribution in [3.05, 3.63) is 46.3 Å². The van der Waals surface area contributed by atoms with Crippen LogP contribution in [-0.2, 0) is 5.41 Å². The summed E-state index contributed by atoms with van der Waals surface area (Å²) in [5.74, 6) is 0. The Balaban J connectivity index is 2.51. The molecule has 0 unspecified atom stereocenters. The summed E-state index contributed by atoms with van der Waals surface area (Å²) in [5, 5.41) is 0.761. The number of nitrogens with zero attached hydrogens (tertiary/aromatic N) is 2. The van der Waals surface area contributed by atoms with Gasteiger partial charge in [-0.3, -0.25) is 4.98 Å². The molecule has 0 radical (unpaired) electrons. The van der Waals surface area contributed by atoms with Crippen molar-refractivity contribution in [3.63, 3.8) is 0 Å². The monoisotopic (exact) mass is 280 g/mol. The van der Waals surface area contributed by atoms with Gasteiger partial charge in [0.15, 0.2) is 0 Å². The van der Waals surface area contributed by atoms with E-state index in [1.165, 1.54) is 5.56 Å². The quantitative estimate of drug-likeness (QED) is 0.705. The Morgan fingerprint density at radius 1 is 1.06 bits per heavy atom. The van der Waals surface area contributed by atoms with E-state index in [2.05, 4.69) is 30.7 Å². The highest BCUT2D eigenvalue weighted by atomic mass is 35.5. The van der Waals surface area contributed by atoms with Gasteiger partial charge in [-0.05, 0) is 35.2 Å². The average Bonchev–Trinajstić information content (AvgIpc) is 2.28. The Bertz CT molecular complexity index is 574. The number of halogens is 2. The van der Waals surface area contributed by atoms with Crippen molar-refractivity contribution in [3.8, 4) is 11.3 Å². The van der Waals surface area contributed by atoms with Crippen LogP contribution in [0.15, 0.2) is 30.5 Å². The van der Waals surface area contributed by atoms with Gasteiger partial charge in [0.1, 0.15) is 10.3 Å². The zero-order chi connectivity index (χ0) is 13.3. The molecule has 4 heteroatoms. The summed E-state index contributed by atoms with van der Waals surface area (Å²) in [5.41, 5.74) is 2.89. The lowest BCUT2D eigenvalue weighted by Crippen LogP contribution is -2.11. The van der Waals surface area contributed by atoms with Crippen LogP contribution in [0.1, 0.15) is 26.3 Å². The molecule has 2 aromatic heterocycles. The highest BCUT2D eigenvalue weighted by Gasteiger charge is 2.15. The van der Waals surface area contributed by atoms with E-state index in [0.717, 1.165) is 11.3 Å². The number of aromatic nitrogens is 2. The van der Waals surface area contributed by atoms with Crippen LogP contribution in [0.2, 0.25) is 10.3 Å². The predicted molar refractivity (Wildman–Crippen MR) is 76.2 cm³/mol. The highest BCUT2D eigenvalue weighted by molar-refractivity contribution is 6.34. The Hall–Kier alpha value is -1.12. The van der Waals surface area contributed by atoms with Crippen molar-refractivity contribution < 1.29 is 0 Å². The molecular weight excluding hydrogens is 267 g/mol. The Morgan fingerprint density at radius 3 is 2.39 bits per heavy atom. The van der Waals surface area contributed by atoms with Gasteiger partial charge < -0.3 is 0 Å². The third kappa shape index (κ3) is 2.82. The molecule has 2 aromatic rings. The molecule has 0 aliphatic carbocycles. The zero-order valence-electron chi connectivity index (χ0n) is 10.5. The molecule has 0 spiro atoms. The first-order valence-corrected chi connectivity index (χ1v) is 6.42. The smallest absolute Gasteiger partial charge is 0.140 e. The fourth-order valence-corrected chi connectivity index (χ4v) is 2.09. The molecule has 2 rings (SSSR count). The molecule has 0 fully saturated rings. The van der Waals surface area contributed by atoms with E-state index in [4.69, 9.17) is 23.2 Å². The molecule has 94 valence electrons. The molecule has 0 aliphatic rings. The van der Waals surface area contributed by atoms with Crippen molar-refractivity contribution in [2.75, 3.05) is 0 Å². The van der Waals surface area contributed by atoms with Crippen molar-refractivity contribution in [2.24, 2.45) is 0 Å². The number of pyridine rings is 2. The fourth-order valence-electron chi connectivity index (χ4n) is 1.65. The van der Waals surface area contributed by atoms with Crippen LogP contribution in [0, 0.1) is 0 Å². The van der Waals surface area contributed by atoms with Gasteiger partial charge in [-0.25, -0.2) is 4.98 Å². The minimum absolute atomic E-state index is 0.0734. The average molecular weight is 281 g/mol. The summed E-state index contributed by atoms with van der Waals surface area (Å²) in [6.07, 6.45) is 1.79. The van der Waals surface area contributed by atoms with Crippen molar-refractivity contribution in [2.45, 2.75) is 26.2 Å². The topological polar surface area (TPSA) is 25.8 Å². The SMILES string of the molecule is CC(C)(C)c1ccnc(-c2ccc(Cl)nc2Cl)c1. The molecule has 0 amide bonds. The summed E-state index contributed by atoms with van der Waals surface area (Å²) in [6, 6.07) is 7.61. The van der Waals surface area contributed by atoms with Crippen LogP contribution < -0.4 is 0 Å². The maximum absolute atomic E-state index is 6.10. The van der Waals surface area contributed by atoms with Crippen molar-refractivity contribution in [1.29, 1.82) is 0 Å². The van der Waals surface area contributed by atoms with Crippen LogP contribution in [0.3, 0.4) is 0 Å². The van der Waals surface area contributed by atoms with E-state index in [1.54, 1.807) is 12.3 Å². The van der Waals surface area contributed by atoms with Gasteiger partial charge in [-0.2, -0.15) is 0 Å².